The number of pyridine rings is 1. The Balaban J connectivity index is 1.21. The number of anilines is 2. The van der Waals surface area contributed by atoms with Crippen molar-refractivity contribution >= 4 is 23.2 Å². The third-order valence-electron chi connectivity index (χ3n) is 6.51. The van der Waals surface area contributed by atoms with Crippen LogP contribution in [0.4, 0.5) is 11.4 Å². The number of hydrogen-bond donors (Lipinski definition) is 1. The minimum Gasteiger partial charge on any atom is -0.368 e. The molecule has 8 nitrogen and oxygen atoms in total. The second kappa shape index (κ2) is 8.69. The van der Waals surface area contributed by atoms with Crippen molar-refractivity contribution in [3.63, 3.8) is 0 Å². The number of nitrogens with one attached hydrogen (secondary N) is 1. The molecule has 0 spiro atoms. The Morgan fingerprint density at radius 2 is 1.79 bits per heavy atom. The van der Waals surface area contributed by atoms with Gasteiger partial charge in [0.15, 0.2) is 0 Å². The lowest BCUT2D eigenvalue weighted by molar-refractivity contribution is -0.117. The normalized spacial score (nSPS) is 16.1. The highest BCUT2D eigenvalue weighted by atomic mass is 16.2. The van der Waals surface area contributed by atoms with E-state index in [0.717, 1.165) is 25.9 Å². The maximum absolute atomic E-state index is 13.0. The zero-order chi connectivity index (χ0) is 22.9. The molecule has 0 radical (unpaired) electrons. The van der Waals surface area contributed by atoms with Crippen LogP contribution in [0, 0.1) is 19.8 Å². The Bertz CT molecular complexity index is 1170. The summed E-state index contributed by atoms with van der Waals surface area (Å²) in [7, 11) is 0. The monoisotopic (exact) mass is 444 g/mol. The van der Waals surface area contributed by atoms with Gasteiger partial charge in [0.05, 0.1) is 11.9 Å². The van der Waals surface area contributed by atoms with Gasteiger partial charge in [0.1, 0.15) is 17.8 Å². The lowest BCUT2D eigenvalue weighted by atomic mass is 10.1. The summed E-state index contributed by atoms with van der Waals surface area (Å²) in [5.74, 6) is 0.778. The first-order valence-electron chi connectivity index (χ1n) is 11.4. The van der Waals surface area contributed by atoms with Crippen LogP contribution in [0.25, 0.3) is 5.82 Å². The number of carbonyl (C=O) groups excluding carboxylic acids is 2. The Morgan fingerprint density at radius 1 is 1.00 bits per heavy atom. The molecule has 8 heteroatoms. The first-order valence-corrected chi connectivity index (χ1v) is 11.4. The number of aryl methyl sites for hydroxylation is 1. The summed E-state index contributed by atoms with van der Waals surface area (Å²) < 4.78 is 1.73. The van der Waals surface area contributed by atoms with Gasteiger partial charge in [0.25, 0.3) is 5.91 Å². The molecule has 2 aromatic heterocycles. The van der Waals surface area contributed by atoms with E-state index in [0.29, 0.717) is 30.3 Å². The molecule has 1 aliphatic heterocycles. The standard InChI is InChI=1S/C25H28N6O2/c1-17-4-3-5-22(18(17)2)29-10-12-30(13-11-29)25(33)21-15-31(16-27-21)23-9-8-20(14-26-23)28-24(32)19-6-7-19/h3-5,8-9,14-16,19H,6-7,10-13H2,1-2H3,(H,28,32). The second-order valence-corrected chi connectivity index (χ2v) is 8.83. The fourth-order valence-corrected chi connectivity index (χ4v) is 4.15. The lowest BCUT2D eigenvalue weighted by Gasteiger charge is -2.36. The molecule has 170 valence electrons. The predicted molar refractivity (Wildman–Crippen MR) is 127 cm³/mol. The van der Waals surface area contributed by atoms with E-state index in [4.69, 9.17) is 0 Å². The quantitative estimate of drug-likeness (QED) is 0.654. The molecule has 2 amide bonds. The van der Waals surface area contributed by atoms with Gasteiger partial charge in [-0.05, 0) is 56.0 Å². The van der Waals surface area contributed by atoms with Gasteiger partial charge in [0.2, 0.25) is 5.91 Å². The maximum atomic E-state index is 13.0. The van der Waals surface area contributed by atoms with E-state index in [1.807, 2.05) is 11.0 Å². The number of piperazine rings is 1. The van der Waals surface area contributed by atoms with E-state index in [9.17, 15) is 9.59 Å². The smallest absolute Gasteiger partial charge is 0.274 e. The van der Waals surface area contributed by atoms with E-state index >= 15 is 0 Å². The molecular weight excluding hydrogens is 416 g/mol. The van der Waals surface area contributed by atoms with Crippen LogP contribution < -0.4 is 10.2 Å². The maximum Gasteiger partial charge on any atom is 0.274 e. The van der Waals surface area contributed by atoms with Gasteiger partial charge in [-0.3, -0.25) is 14.2 Å². The molecule has 3 heterocycles. The average molecular weight is 445 g/mol. The van der Waals surface area contributed by atoms with E-state index < -0.39 is 0 Å². The number of hydrogen-bond acceptors (Lipinski definition) is 5. The number of nitrogens with zero attached hydrogens (tertiary/aromatic N) is 5. The minimum absolute atomic E-state index is 0.0534. The van der Waals surface area contributed by atoms with Crippen molar-refractivity contribution in [1.82, 2.24) is 19.4 Å². The Morgan fingerprint density at radius 3 is 2.48 bits per heavy atom. The van der Waals surface area contributed by atoms with E-state index in [1.165, 1.54) is 16.8 Å². The SMILES string of the molecule is Cc1cccc(N2CCN(C(=O)c3cn(-c4ccc(NC(=O)C5CC5)cn4)cn3)CC2)c1C. The van der Waals surface area contributed by atoms with Crippen LogP contribution in [0.15, 0.2) is 49.1 Å². The van der Waals surface area contributed by atoms with Crippen molar-refractivity contribution in [2.45, 2.75) is 26.7 Å². The zero-order valence-electron chi connectivity index (χ0n) is 19.0. The van der Waals surface area contributed by atoms with Crippen LogP contribution in [0.3, 0.4) is 0 Å². The highest BCUT2D eigenvalue weighted by Crippen LogP contribution is 2.30. The molecular formula is C25H28N6O2. The Kier molecular flexibility index (Phi) is 5.58. The van der Waals surface area contributed by atoms with Gasteiger partial charge in [-0.15, -0.1) is 0 Å². The number of amides is 2. The van der Waals surface area contributed by atoms with Gasteiger partial charge in [-0.1, -0.05) is 12.1 Å². The Labute approximate surface area is 193 Å². The number of rotatable bonds is 5. The molecule has 5 rings (SSSR count). The number of benzene rings is 1. The summed E-state index contributed by atoms with van der Waals surface area (Å²) >= 11 is 0. The van der Waals surface area contributed by atoms with Crippen molar-refractivity contribution < 1.29 is 9.59 Å². The topological polar surface area (TPSA) is 83.4 Å². The fourth-order valence-electron chi connectivity index (χ4n) is 4.15. The molecule has 1 saturated heterocycles. The van der Waals surface area contributed by atoms with E-state index in [1.54, 1.807) is 29.4 Å². The molecule has 2 aliphatic rings. The van der Waals surface area contributed by atoms with Gasteiger partial charge in [0, 0.05) is 44.0 Å². The summed E-state index contributed by atoms with van der Waals surface area (Å²) in [6.07, 6.45) is 6.87. The van der Waals surface area contributed by atoms with Crippen LogP contribution in [0.1, 0.15) is 34.5 Å². The molecule has 1 aliphatic carbocycles. The molecule has 3 aromatic rings. The molecule has 0 bridgehead atoms. The first-order chi connectivity index (χ1) is 16.0. The first kappa shape index (κ1) is 21.2. The van der Waals surface area contributed by atoms with Gasteiger partial charge in [-0.25, -0.2) is 9.97 Å². The van der Waals surface area contributed by atoms with Crippen LogP contribution in [-0.4, -0.2) is 57.4 Å². The van der Waals surface area contributed by atoms with Gasteiger partial charge >= 0.3 is 0 Å². The highest BCUT2D eigenvalue weighted by Gasteiger charge is 2.29. The number of imidazole rings is 1. The lowest BCUT2D eigenvalue weighted by Crippen LogP contribution is -2.49. The van der Waals surface area contributed by atoms with E-state index in [2.05, 4.69) is 52.2 Å². The van der Waals surface area contributed by atoms with Crippen molar-refractivity contribution in [2.24, 2.45) is 5.92 Å². The summed E-state index contributed by atoms with van der Waals surface area (Å²) in [5.41, 5.74) is 4.90. The van der Waals surface area contributed by atoms with Crippen LogP contribution in [-0.2, 0) is 4.79 Å². The van der Waals surface area contributed by atoms with Crippen molar-refractivity contribution in [1.29, 1.82) is 0 Å². The summed E-state index contributed by atoms with van der Waals surface area (Å²) in [6.45, 7) is 7.19. The second-order valence-electron chi connectivity index (χ2n) is 8.83. The average Bonchev–Trinajstić information content (AvgIpc) is 3.58. The summed E-state index contributed by atoms with van der Waals surface area (Å²) in [6, 6.07) is 9.99. The van der Waals surface area contributed by atoms with Crippen molar-refractivity contribution in [3.05, 3.63) is 65.9 Å². The van der Waals surface area contributed by atoms with E-state index in [-0.39, 0.29) is 17.7 Å². The minimum atomic E-state index is -0.0670. The van der Waals surface area contributed by atoms with Crippen LogP contribution >= 0.6 is 0 Å². The molecule has 1 saturated carbocycles. The third-order valence-corrected chi connectivity index (χ3v) is 6.51. The molecule has 1 aromatic carbocycles. The molecule has 1 N–H and O–H groups in total. The fraction of sp³-hybridized carbons (Fsp3) is 0.360. The van der Waals surface area contributed by atoms with Crippen molar-refractivity contribution in [3.8, 4) is 5.82 Å². The summed E-state index contributed by atoms with van der Waals surface area (Å²) in [4.78, 5) is 37.8. The Hall–Kier alpha value is -3.68. The highest BCUT2D eigenvalue weighted by molar-refractivity contribution is 5.94. The zero-order valence-corrected chi connectivity index (χ0v) is 19.0. The third kappa shape index (κ3) is 4.46. The van der Waals surface area contributed by atoms with Crippen LogP contribution in [0.5, 0.6) is 0 Å². The number of carbonyl (C=O) groups is 2. The summed E-state index contributed by atoms with van der Waals surface area (Å²) in [5, 5.41) is 2.88. The largest absolute Gasteiger partial charge is 0.368 e. The predicted octanol–water partition coefficient (Wildman–Crippen LogP) is 3.20. The van der Waals surface area contributed by atoms with Gasteiger partial charge < -0.3 is 15.1 Å². The number of aromatic nitrogens is 3. The van der Waals surface area contributed by atoms with Crippen molar-refractivity contribution in [2.75, 3.05) is 36.4 Å². The van der Waals surface area contributed by atoms with Crippen LogP contribution in [0.2, 0.25) is 0 Å². The molecule has 0 unspecified atom stereocenters. The molecule has 33 heavy (non-hydrogen) atoms. The molecule has 0 atom stereocenters. The molecule has 2 fully saturated rings. The van der Waals surface area contributed by atoms with Gasteiger partial charge in [-0.2, -0.15) is 0 Å².